The molecule has 0 atom stereocenters. The van der Waals surface area contributed by atoms with Crippen LogP contribution in [0.25, 0.3) is 0 Å². The fraction of sp³-hybridized carbons (Fsp3) is 0.400. The first-order valence-corrected chi connectivity index (χ1v) is 6.93. The number of nitrogens with one attached hydrogen (secondary N) is 2. The van der Waals surface area contributed by atoms with Crippen LogP contribution in [0.2, 0.25) is 0 Å². The summed E-state index contributed by atoms with van der Waals surface area (Å²) < 4.78 is 0. The fourth-order valence-corrected chi connectivity index (χ4v) is 2.62. The van der Waals surface area contributed by atoms with Gasteiger partial charge in [0.2, 0.25) is 0 Å². The minimum Gasteiger partial charge on any atom is -0.371 e. The van der Waals surface area contributed by atoms with E-state index in [1.54, 1.807) is 6.20 Å². The van der Waals surface area contributed by atoms with Gasteiger partial charge in [-0.2, -0.15) is 0 Å². The fourth-order valence-electron chi connectivity index (χ4n) is 2.62. The summed E-state index contributed by atoms with van der Waals surface area (Å²) in [6.07, 6.45) is 6.05. The molecule has 2 aromatic rings. The Kier molecular flexibility index (Phi) is 3.79. The zero-order chi connectivity index (χ0) is 12.9. The lowest BCUT2D eigenvalue weighted by Gasteiger charge is -2.34. The summed E-state index contributed by atoms with van der Waals surface area (Å²) >= 11 is 0. The monoisotopic (exact) mass is 256 g/mol. The normalized spacial score (nSPS) is 16.7. The predicted octanol–water partition coefficient (Wildman–Crippen LogP) is 2.17. The highest BCUT2D eigenvalue weighted by molar-refractivity contribution is 5.46. The Bertz CT molecular complexity index is 472. The SMILES string of the molecule is c1ccc(N2CCC(NCc3ncc[nH]3)CC2)cc1. The van der Waals surface area contributed by atoms with Gasteiger partial charge in [0, 0.05) is 37.2 Å². The van der Waals surface area contributed by atoms with Gasteiger partial charge < -0.3 is 15.2 Å². The number of H-pyrrole nitrogens is 1. The molecule has 0 unspecified atom stereocenters. The number of para-hydroxylation sites is 1. The van der Waals surface area contributed by atoms with E-state index in [-0.39, 0.29) is 0 Å². The lowest BCUT2D eigenvalue weighted by molar-refractivity contribution is 0.410. The van der Waals surface area contributed by atoms with Crippen molar-refractivity contribution in [2.75, 3.05) is 18.0 Å². The van der Waals surface area contributed by atoms with E-state index in [9.17, 15) is 0 Å². The van der Waals surface area contributed by atoms with Crippen molar-refractivity contribution in [3.05, 3.63) is 48.5 Å². The smallest absolute Gasteiger partial charge is 0.120 e. The molecule has 4 heteroatoms. The second kappa shape index (κ2) is 5.89. The standard InChI is InChI=1S/C15H20N4/c1-2-4-14(5-3-1)19-10-6-13(7-11-19)18-12-15-16-8-9-17-15/h1-5,8-9,13,18H,6-7,10-12H2,(H,16,17). The molecule has 2 N–H and O–H groups in total. The van der Waals surface area contributed by atoms with E-state index in [0.29, 0.717) is 6.04 Å². The molecule has 1 aliphatic heterocycles. The van der Waals surface area contributed by atoms with Gasteiger partial charge >= 0.3 is 0 Å². The van der Waals surface area contributed by atoms with E-state index < -0.39 is 0 Å². The van der Waals surface area contributed by atoms with Crippen LogP contribution in [-0.2, 0) is 6.54 Å². The maximum Gasteiger partial charge on any atom is 0.120 e. The third-order valence-electron chi connectivity index (χ3n) is 3.73. The molecule has 1 aromatic heterocycles. The zero-order valence-corrected chi connectivity index (χ0v) is 11.0. The molecule has 0 aliphatic carbocycles. The molecule has 3 rings (SSSR count). The van der Waals surface area contributed by atoms with Crippen LogP contribution in [0.4, 0.5) is 5.69 Å². The van der Waals surface area contributed by atoms with E-state index in [1.807, 2.05) is 6.20 Å². The maximum atomic E-state index is 4.23. The topological polar surface area (TPSA) is 44.0 Å². The largest absolute Gasteiger partial charge is 0.371 e. The number of aromatic amines is 1. The predicted molar refractivity (Wildman–Crippen MR) is 77.1 cm³/mol. The van der Waals surface area contributed by atoms with Crippen molar-refractivity contribution < 1.29 is 0 Å². The first-order chi connectivity index (χ1) is 9.42. The number of aromatic nitrogens is 2. The number of nitrogens with zero attached hydrogens (tertiary/aromatic N) is 2. The van der Waals surface area contributed by atoms with Crippen molar-refractivity contribution in [1.82, 2.24) is 15.3 Å². The van der Waals surface area contributed by atoms with Crippen LogP contribution in [0.3, 0.4) is 0 Å². The van der Waals surface area contributed by atoms with Crippen LogP contribution >= 0.6 is 0 Å². The summed E-state index contributed by atoms with van der Waals surface area (Å²) in [7, 11) is 0. The zero-order valence-electron chi connectivity index (χ0n) is 11.0. The highest BCUT2D eigenvalue weighted by atomic mass is 15.1. The Hall–Kier alpha value is -1.81. The van der Waals surface area contributed by atoms with Gasteiger partial charge in [-0.15, -0.1) is 0 Å². The Balaban J connectivity index is 1.47. The minimum atomic E-state index is 0.602. The third-order valence-corrected chi connectivity index (χ3v) is 3.73. The molecule has 1 aromatic carbocycles. The molecule has 0 amide bonds. The van der Waals surface area contributed by atoms with Gasteiger partial charge in [0.25, 0.3) is 0 Å². The van der Waals surface area contributed by atoms with Crippen molar-refractivity contribution in [1.29, 1.82) is 0 Å². The number of piperidine rings is 1. The van der Waals surface area contributed by atoms with Gasteiger partial charge in [-0.05, 0) is 25.0 Å². The van der Waals surface area contributed by atoms with E-state index >= 15 is 0 Å². The number of rotatable bonds is 4. The number of anilines is 1. The van der Waals surface area contributed by atoms with Crippen LogP contribution in [-0.4, -0.2) is 29.1 Å². The molecule has 19 heavy (non-hydrogen) atoms. The number of imidazole rings is 1. The average molecular weight is 256 g/mol. The second-order valence-corrected chi connectivity index (χ2v) is 5.01. The van der Waals surface area contributed by atoms with E-state index in [4.69, 9.17) is 0 Å². The quantitative estimate of drug-likeness (QED) is 0.881. The summed E-state index contributed by atoms with van der Waals surface area (Å²) in [6, 6.07) is 11.3. The molecule has 2 heterocycles. The molecular formula is C15H20N4. The van der Waals surface area contributed by atoms with Crippen molar-refractivity contribution in [2.24, 2.45) is 0 Å². The van der Waals surface area contributed by atoms with Crippen molar-refractivity contribution >= 4 is 5.69 Å². The minimum absolute atomic E-state index is 0.602. The molecule has 4 nitrogen and oxygen atoms in total. The maximum absolute atomic E-state index is 4.23. The molecule has 100 valence electrons. The van der Waals surface area contributed by atoms with Crippen LogP contribution < -0.4 is 10.2 Å². The number of hydrogen-bond donors (Lipinski definition) is 2. The summed E-state index contributed by atoms with van der Waals surface area (Å²) in [5, 5.41) is 3.58. The van der Waals surface area contributed by atoms with Gasteiger partial charge in [-0.3, -0.25) is 0 Å². The second-order valence-electron chi connectivity index (χ2n) is 5.01. The third kappa shape index (κ3) is 3.15. The molecule has 0 radical (unpaired) electrons. The van der Waals surface area contributed by atoms with E-state index in [1.165, 1.54) is 18.5 Å². The lowest BCUT2D eigenvalue weighted by Crippen LogP contribution is -2.42. The molecule has 0 spiro atoms. The number of hydrogen-bond acceptors (Lipinski definition) is 3. The van der Waals surface area contributed by atoms with Crippen LogP contribution in [0.5, 0.6) is 0 Å². The average Bonchev–Trinajstić information content (AvgIpc) is 3.00. The van der Waals surface area contributed by atoms with Crippen LogP contribution in [0, 0.1) is 0 Å². The highest BCUT2D eigenvalue weighted by Gasteiger charge is 2.18. The van der Waals surface area contributed by atoms with Gasteiger partial charge in [0.1, 0.15) is 5.82 Å². The van der Waals surface area contributed by atoms with Gasteiger partial charge in [0.15, 0.2) is 0 Å². The van der Waals surface area contributed by atoms with Crippen LogP contribution in [0.15, 0.2) is 42.7 Å². The molecular weight excluding hydrogens is 236 g/mol. The lowest BCUT2D eigenvalue weighted by atomic mass is 10.0. The summed E-state index contributed by atoms with van der Waals surface area (Å²) in [4.78, 5) is 9.83. The van der Waals surface area contributed by atoms with Gasteiger partial charge in [-0.25, -0.2) is 4.98 Å². The highest BCUT2D eigenvalue weighted by Crippen LogP contribution is 2.19. The Morgan fingerprint density at radius 3 is 2.68 bits per heavy atom. The van der Waals surface area contributed by atoms with Crippen molar-refractivity contribution in [3.63, 3.8) is 0 Å². The van der Waals surface area contributed by atoms with Gasteiger partial charge in [0.05, 0.1) is 6.54 Å². The molecule has 0 saturated carbocycles. The van der Waals surface area contributed by atoms with Crippen molar-refractivity contribution in [3.8, 4) is 0 Å². The van der Waals surface area contributed by atoms with E-state index in [0.717, 1.165) is 25.5 Å². The van der Waals surface area contributed by atoms with Crippen molar-refractivity contribution in [2.45, 2.75) is 25.4 Å². The van der Waals surface area contributed by atoms with E-state index in [2.05, 4.69) is 50.5 Å². The first kappa shape index (κ1) is 12.2. The Labute approximate surface area is 113 Å². The Morgan fingerprint density at radius 1 is 1.21 bits per heavy atom. The Morgan fingerprint density at radius 2 is 2.00 bits per heavy atom. The molecule has 0 bridgehead atoms. The number of benzene rings is 1. The summed E-state index contributed by atoms with van der Waals surface area (Å²) in [5.41, 5.74) is 1.34. The summed E-state index contributed by atoms with van der Waals surface area (Å²) in [5.74, 6) is 1.02. The van der Waals surface area contributed by atoms with Crippen LogP contribution in [0.1, 0.15) is 18.7 Å². The molecule has 1 fully saturated rings. The first-order valence-electron chi connectivity index (χ1n) is 6.93. The molecule has 1 aliphatic rings. The molecule has 1 saturated heterocycles. The van der Waals surface area contributed by atoms with Gasteiger partial charge in [-0.1, -0.05) is 18.2 Å². The summed E-state index contributed by atoms with van der Waals surface area (Å²) in [6.45, 7) is 3.09.